The molecule has 3 aromatic rings. The van der Waals surface area contributed by atoms with E-state index in [2.05, 4.69) is 19.9 Å². The fraction of sp³-hybridized carbons (Fsp3) is 0.467. The van der Waals surface area contributed by atoms with Crippen LogP contribution in [0.4, 0.5) is 38.1 Å². The summed E-state index contributed by atoms with van der Waals surface area (Å²) in [5.41, 5.74) is -2.52. The van der Waals surface area contributed by atoms with E-state index in [4.69, 9.17) is 21.4 Å². The molecule has 4 rings (SSSR count). The Hall–Kier alpha value is -2.81. The average molecular weight is 684 g/mol. The predicted octanol–water partition coefficient (Wildman–Crippen LogP) is 6.99. The third kappa shape index (κ3) is 11.2. The van der Waals surface area contributed by atoms with Crippen LogP contribution in [0.1, 0.15) is 61.3 Å². The molecule has 1 saturated carbocycles. The molecule has 2 heterocycles. The number of halogens is 7. The number of alkyl halides is 6. The first-order valence-corrected chi connectivity index (χ1v) is 14.7. The summed E-state index contributed by atoms with van der Waals surface area (Å²) < 4.78 is 87.4. The quantitative estimate of drug-likeness (QED) is 0.104. The molecule has 0 aliphatic heterocycles. The molecule has 16 heteroatoms. The van der Waals surface area contributed by atoms with E-state index in [9.17, 15) is 31.1 Å². The van der Waals surface area contributed by atoms with Gasteiger partial charge in [0.05, 0.1) is 35.2 Å². The van der Waals surface area contributed by atoms with Crippen molar-refractivity contribution in [3.8, 4) is 5.75 Å². The maximum atomic E-state index is 13.6. The standard InChI is InChI=1S/C30H32ClF6N5O3.Na.H/c1-2-7-41(16-19-5-6-19)27-21(11-24(31)13-38-27)18-42(28-39-14-25(15-40-28)45-8-3-4-26(43)44)17-20-9-22(29(32,33)34)12-23(10-20)30(35,36)37;;/h9-15,19H,2-8,16-18H2,1H3,(H,43,44);;. The SMILES string of the molecule is CCCN(CC1CC1)c1ncc(Cl)cc1CN(Cc1cc(C(F)(F)F)cc(C(F)(F)F)c1)c1ncc(OCCCC(=O)O)cn1.[NaH]. The zero-order valence-electron chi connectivity index (χ0n) is 24.3. The van der Waals surface area contributed by atoms with E-state index < -0.39 is 36.0 Å². The van der Waals surface area contributed by atoms with Crippen molar-refractivity contribution in [3.63, 3.8) is 0 Å². The fourth-order valence-corrected chi connectivity index (χ4v) is 4.92. The van der Waals surface area contributed by atoms with Crippen LogP contribution < -0.4 is 14.5 Å². The zero-order valence-corrected chi connectivity index (χ0v) is 25.1. The number of carboxylic acids is 1. The van der Waals surface area contributed by atoms with Crippen molar-refractivity contribution in [1.82, 2.24) is 15.0 Å². The molecule has 0 unspecified atom stereocenters. The summed E-state index contributed by atoms with van der Waals surface area (Å²) in [7, 11) is 0. The van der Waals surface area contributed by atoms with Crippen LogP contribution in [0.5, 0.6) is 5.75 Å². The van der Waals surface area contributed by atoms with Crippen LogP contribution in [0.3, 0.4) is 0 Å². The summed E-state index contributed by atoms with van der Waals surface area (Å²) in [4.78, 5) is 27.4. The van der Waals surface area contributed by atoms with Gasteiger partial charge in [-0.2, -0.15) is 26.3 Å². The Balaban J connectivity index is 0.00000576. The van der Waals surface area contributed by atoms with E-state index in [0.717, 1.165) is 25.8 Å². The van der Waals surface area contributed by atoms with Gasteiger partial charge < -0.3 is 19.6 Å². The molecule has 1 N–H and O–H groups in total. The van der Waals surface area contributed by atoms with E-state index in [1.807, 2.05) is 6.92 Å². The number of benzene rings is 1. The first-order chi connectivity index (χ1) is 21.2. The van der Waals surface area contributed by atoms with Crippen LogP contribution in [-0.4, -0.2) is 75.3 Å². The molecule has 0 bridgehead atoms. The van der Waals surface area contributed by atoms with Gasteiger partial charge in [0.25, 0.3) is 0 Å². The Bertz CT molecular complexity index is 1430. The number of anilines is 2. The Labute approximate surface area is 289 Å². The summed E-state index contributed by atoms with van der Waals surface area (Å²) in [6.07, 6.45) is -2.79. The predicted molar refractivity (Wildman–Crippen MR) is 162 cm³/mol. The second kappa shape index (κ2) is 16.3. The normalized spacial score (nSPS) is 13.2. The summed E-state index contributed by atoms with van der Waals surface area (Å²) >= 11 is 6.31. The van der Waals surface area contributed by atoms with Gasteiger partial charge in [0.15, 0.2) is 5.75 Å². The molecule has 0 spiro atoms. The molecule has 1 fully saturated rings. The number of nitrogens with zero attached hydrogens (tertiary/aromatic N) is 5. The minimum atomic E-state index is -5.01. The number of rotatable bonds is 15. The molecule has 1 aliphatic rings. The summed E-state index contributed by atoms with van der Waals surface area (Å²) in [5.74, 6) is 0.362. The summed E-state index contributed by atoms with van der Waals surface area (Å²) in [6.45, 7) is 3.09. The molecule has 0 amide bonds. The van der Waals surface area contributed by atoms with E-state index in [1.165, 1.54) is 23.5 Å². The van der Waals surface area contributed by atoms with Gasteiger partial charge in [-0.15, -0.1) is 0 Å². The summed E-state index contributed by atoms with van der Waals surface area (Å²) in [5, 5.41) is 9.10. The second-order valence-corrected chi connectivity index (χ2v) is 11.3. The van der Waals surface area contributed by atoms with Gasteiger partial charge in [-0.05, 0) is 61.4 Å². The first kappa shape index (κ1) is 37.6. The number of aliphatic carboxylic acids is 1. The molecule has 1 aliphatic carbocycles. The molecule has 0 saturated heterocycles. The van der Waals surface area contributed by atoms with Crippen molar-refractivity contribution < 1.29 is 41.0 Å². The van der Waals surface area contributed by atoms with Crippen LogP contribution in [0.25, 0.3) is 0 Å². The number of hydrogen-bond donors (Lipinski definition) is 1. The van der Waals surface area contributed by atoms with Crippen LogP contribution in [0.15, 0.2) is 42.9 Å². The monoisotopic (exact) mass is 683 g/mol. The van der Waals surface area contributed by atoms with Gasteiger partial charge in [0.1, 0.15) is 5.82 Å². The molecular weight excluding hydrogens is 651 g/mol. The van der Waals surface area contributed by atoms with Crippen LogP contribution in [-0.2, 0) is 30.2 Å². The van der Waals surface area contributed by atoms with E-state index in [-0.39, 0.29) is 78.9 Å². The molecular formula is C30H33ClF6N5NaO3. The van der Waals surface area contributed by atoms with Crippen LogP contribution in [0.2, 0.25) is 5.02 Å². The third-order valence-corrected chi connectivity index (χ3v) is 7.17. The average Bonchev–Trinajstić information content (AvgIpc) is 3.78. The van der Waals surface area contributed by atoms with Gasteiger partial charge in [-0.3, -0.25) is 4.79 Å². The van der Waals surface area contributed by atoms with Crippen LogP contribution in [0, 0.1) is 5.92 Å². The number of ether oxygens (including phenoxy) is 1. The van der Waals surface area contributed by atoms with Crippen molar-refractivity contribution in [3.05, 3.63) is 70.1 Å². The van der Waals surface area contributed by atoms with E-state index in [1.54, 1.807) is 6.07 Å². The minimum absolute atomic E-state index is 0. The van der Waals surface area contributed by atoms with Crippen molar-refractivity contribution in [1.29, 1.82) is 0 Å². The number of carboxylic acid groups (broad SMARTS) is 1. The fourth-order valence-electron chi connectivity index (χ4n) is 4.74. The van der Waals surface area contributed by atoms with E-state index >= 15 is 0 Å². The number of pyridine rings is 1. The van der Waals surface area contributed by atoms with Crippen molar-refractivity contribution in [2.75, 3.05) is 29.5 Å². The first-order valence-electron chi connectivity index (χ1n) is 14.3. The number of carbonyl (C=O) groups is 1. The molecule has 1 aromatic carbocycles. The molecule has 246 valence electrons. The third-order valence-electron chi connectivity index (χ3n) is 6.96. The molecule has 8 nitrogen and oxygen atoms in total. The zero-order chi connectivity index (χ0) is 32.8. The van der Waals surface area contributed by atoms with Crippen molar-refractivity contribution in [2.45, 2.75) is 64.5 Å². The number of hydrogen-bond acceptors (Lipinski definition) is 7. The molecule has 0 atom stereocenters. The summed E-state index contributed by atoms with van der Waals surface area (Å²) in [6, 6.07) is 3.10. The van der Waals surface area contributed by atoms with Gasteiger partial charge in [0, 0.05) is 44.4 Å². The Kier molecular flexibility index (Phi) is 13.4. The Morgan fingerprint density at radius 1 is 0.957 bits per heavy atom. The number of aromatic nitrogens is 3. The van der Waals surface area contributed by atoms with Gasteiger partial charge in [0.2, 0.25) is 5.95 Å². The second-order valence-electron chi connectivity index (χ2n) is 10.9. The molecule has 46 heavy (non-hydrogen) atoms. The van der Waals surface area contributed by atoms with Gasteiger partial charge in [-0.1, -0.05) is 18.5 Å². The topological polar surface area (TPSA) is 91.7 Å². The van der Waals surface area contributed by atoms with Crippen molar-refractivity contribution in [2.24, 2.45) is 5.92 Å². The molecule has 2 aromatic heterocycles. The van der Waals surface area contributed by atoms with E-state index in [0.29, 0.717) is 41.0 Å². The Morgan fingerprint density at radius 2 is 1.59 bits per heavy atom. The molecule has 0 radical (unpaired) electrons. The van der Waals surface area contributed by atoms with Crippen LogP contribution >= 0.6 is 11.6 Å². The van der Waals surface area contributed by atoms with Crippen molar-refractivity contribution >= 4 is 58.9 Å². The van der Waals surface area contributed by atoms with Gasteiger partial charge in [-0.25, -0.2) is 15.0 Å². The maximum absolute atomic E-state index is 13.6. The van der Waals surface area contributed by atoms with Gasteiger partial charge >= 0.3 is 47.9 Å². The Morgan fingerprint density at radius 3 is 2.13 bits per heavy atom.